The molecule has 0 atom stereocenters. The summed E-state index contributed by atoms with van der Waals surface area (Å²) in [4.78, 5) is 4.55. The van der Waals surface area contributed by atoms with Crippen molar-refractivity contribution < 1.29 is 0 Å². The van der Waals surface area contributed by atoms with Crippen LogP contribution in [0.25, 0.3) is 22.0 Å². The summed E-state index contributed by atoms with van der Waals surface area (Å²) >= 11 is 0. The van der Waals surface area contributed by atoms with Crippen molar-refractivity contribution in [2.75, 3.05) is 0 Å². The minimum absolute atomic E-state index is 0.161. The average Bonchev–Trinajstić information content (AvgIpc) is 2.46. The standard InChI is InChI=1S/C19H19N/c1-19(2,3)16-10-4-8-15(13-16)17-11-5-7-14-9-6-12-20-18(14)17/h4-13H,1-3H3. The van der Waals surface area contributed by atoms with Crippen molar-refractivity contribution in [3.8, 4) is 11.1 Å². The van der Waals surface area contributed by atoms with Crippen LogP contribution in [0.3, 0.4) is 0 Å². The summed E-state index contributed by atoms with van der Waals surface area (Å²) in [5.74, 6) is 0. The van der Waals surface area contributed by atoms with Crippen molar-refractivity contribution in [3.63, 3.8) is 0 Å². The molecular formula is C19H19N. The van der Waals surface area contributed by atoms with Gasteiger partial charge in [0.05, 0.1) is 5.52 Å². The van der Waals surface area contributed by atoms with Gasteiger partial charge in [0.25, 0.3) is 0 Å². The lowest BCUT2D eigenvalue weighted by Crippen LogP contribution is -2.10. The van der Waals surface area contributed by atoms with Crippen LogP contribution in [0, 0.1) is 0 Å². The Kier molecular flexibility index (Phi) is 3.06. The number of benzene rings is 2. The smallest absolute Gasteiger partial charge is 0.0780 e. The van der Waals surface area contributed by atoms with E-state index in [0.29, 0.717) is 0 Å². The molecule has 3 rings (SSSR count). The fourth-order valence-corrected chi connectivity index (χ4v) is 2.49. The van der Waals surface area contributed by atoms with Gasteiger partial charge in [-0.25, -0.2) is 0 Å². The summed E-state index contributed by atoms with van der Waals surface area (Å²) in [6, 6.07) is 19.2. The van der Waals surface area contributed by atoms with Gasteiger partial charge in [-0.3, -0.25) is 4.98 Å². The molecule has 1 heteroatoms. The van der Waals surface area contributed by atoms with Gasteiger partial charge in [-0.15, -0.1) is 0 Å². The molecule has 0 aliphatic carbocycles. The van der Waals surface area contributed by atoms with Crippen LogP contribution >= 0.6 is 0 Å². The van der Waals surface area contributed by atoms with E-state index in [9.17, 15) is 0 Å². The van der Waals surface area contributed by atoms with Crippen LogP contribution in [0.15, 0.2) is 60.8 Å². The van der Waals surface area contributed by atoms with Crippen molar-refractivity contribution >= 4 is 10.9 Å². The third kappa shape index (κ3) is 2.32. The number of rotatable bonds is 1. The zero-order valence-corrected chi connectivity index (χ0v) is 12.2. The molecule has 20 heavy (non-hydrogen) atoms. The maximum absolute atomic E-state index is 4.55. The average molecular weight is 261 g/mol. The normalized spacial score (nSPS) is 11.8. The van der Waals surface area contributed by atoms with E-state index in [-0.39, 0.29) is 5.41 Å². The van der Waals surface area contributed by atoms with E-state index in [2.05, 4.69) is 74.3 Å². The van der Waals surface area contributed by atoms with Crippen molar-refractivity contribution in [2.24, 2.45) is 0 Å². The lowest BCUT2D eigenvalue weighted by atomic mass is 9.85. The fraction of sp³-hybridized carbons (Fsp3) is 0.211. The molecule has 0 unspecified atom stereocenters. The van der Waals surface area contributed by atoms with Crippen LogP contribution < -0.4 is 0 Å². The van der Waals surface area contributed by atoms with E-state index < -0.39 is 0 Å². The number of pyridine rings is 1. The summed E-state index contributed by atoms with van der Waals surface area (Å²) in [6.07, 6.45) is 1.86. The van der Waals surface area contributed by atoms with Gasteiger partial charge in [0.15, 0.2) is 0 Å². The largest absolute Gasteiger partial charge is 0.256 e. The second kappa shape index (κ2) is 4.75. The molecule has 0 aliphatic heterocycles. The van der Waals surface area contributed by atoms with Gasteiger partial charge in [0, 0.05) is 17.1 Å². The molecule has 0 amide bonds. The summed E-state index contributed by atoms with van der Waals surface area (Å²) in [5, 5.41) is 1.19. The lowest BCUT2D eigenvalue weighted by molar-refractivity contribution is 0.590. The molecule has 0 spiro atoms. The van der Waals surface area contributed by atoms with Gasteiger partial charge in [-0.2, -0.15) is 0 Å². The summed E-state index contributed by atoms with van der Waals surface area (Å²) in [5.41, 5.74) is 5.02. The molecule has 1 heterocycles. The molecule has 2 aromatic carbocycles. The Balaban J connectivity index is 2.21. The Morgan fingerprint density at radius 3 is 2.40 bits per heavy atom. The first-order valence-electron chi connectivity index (χ1n) is 7.00. The van der Waals surface area contributed by atoms with Crippen LogP contribution in [0.2, 0.25) is 0 Å². The molecule has 0 fully saturated rings. The Labute approximate surface area is 120 Å². The summed E-state index contributed by atoms with van der Waals surface area (Å²) in [7, 11) is 0. The maximum Gasteiger partial charge on any atom is 0.0780 e. The Morgan fingerprint density at radius 1 is 0.850 bits per heavy atom. The minimum atomic E-state index is 0.161. The second-order valence-corrected chi connectivity index (χ2v) is 6.21. The first kappa shape index (κ1) is 12.9. The summed E-state index contributed by atoms with van der Waals surface area (Å²) < 4.78 is 0. The number of aromatic nitrogens is 1. The number of hydrogen-bond donors (Lipinski definition) is 0. The van der Waals surface area contributed by atoms with Crippen molar-refractivity contribution in [3.05, 3.63) is 66.4 Å². The van der Waals surface area contributed by atoms with Crippen LogP contribution in [0.1, 0.15) is 26.3 Å². The van der Waals surface area contributed by atoms with Gasteiger partial charge in [-0.1, -0.05) is 69.3 Å². The van der Waals surface area contributed by atoms with E-state index in [0.717, 1.165) is 5.52 Å². The van der Waals surface area contributed by atoms with Crippen LogP contribution in [-0.2, 0) is 5.41 Å². The Morgan fingerprint density at radius 2 is 1.60 bits per heavy atom. The second-order valence-electron chi connectivity index (χ2n) is 6.21. The highest BCUT2D eigenvalue weighted by Crippen LogP contribution is 2.30. The predicted molar refractivity (Wildman–Crippen MR) is 85.9 cm³/mol. The molecule has 1 nitrogen and oxygen atoms in total. The van der Waals surface area contributed by atoms with Crippen LogP contribution in [-0.4, -0.2) is 4.98 Å². The maximum atomic E-state index is 4.55. The molecule has 0 bridgehead atoms. The zero-order valence-electron chi connectivity index (χ0n) is 12.2. The SMILES string of the molecule is CC(C)(C)c1cccc(-c2cccc3cccnc23)c1. The van der Waals surface area contributed by atoms with E-state index in [4.69, 9.17) is 0 Å². The van der Waals surface area contributed by atoms with E-state index in [1.54, 1.807) is 0 Å². The third-order valence-electron chi connectivity index (χ3n) is 3.67. The highest BCUT2D eigenvalue weighted by atomic mass is 14.6. The summed E-state index contributed by atoms with van der Waals surface area (Å²) in [6.45, 7) is 6.73. The third-order valence-corrected chi connectivity index (χ3v) is 3.67. The molecule has 0 radical (unpaired) electrons. The van der Waals surface area contributed by atoms with E-state index >= 15 is 0 Å². The molecule has 100 valence electrons. The number of fused-ring (bicyclic) bond motifs is 1. The quantitative estimate of drug-likeness (QED) is 0.586. The van der Waals surface area contributed by atoms with E-state index in [1.165, 1.54) is 22.1 Å². The Hall–Kier alpha value is -2.15. The topological polar surface area (TPSA) is 12.9 Å². The monoisotopic (exact) mass is 261 g/mol. The van der Waals surface area contributed by atoms with E-state index in [1.807, 2.05) is 12.3 Å². The number of hydrogen-bond acceptors (Lipinski definition) is 1. The van der Waals surface area contributed by atoms with Crippen LogP contribution in [0.5, 0.6) is 0 Å². The first-order valence-corrected chi connectivity index (χ1v) is 7.00. The molecule has 0 saturated carbocycles. The van der Waals surface area contributed by atoms with Gasteiger partial charge in [-0.05, 0) is 22.6 Å². The highest BCUT2D eigenvalue weighted by Gasteiger charge is 2.14. The first-order chi connectivity index (χ1) is 9.55. The molecule has 1 aromatic heterocycles. The number of nitrogens with zero attached hydrogens (tertiary/aromatic N) is 1. The van der Waals surface area contributed by atoms with Crippen molar-refractivity contribution in [1.29, 1.82) is 0 Å². The van der Waals surface area contributed by atoms with Gasteiger partial charge < -0.3 is 0 Å². The Bertz CT molecular complexity index is 746. The zero-order chi connectivity index (χ0) is 14.2. The van der Waals surface area contributed by atoms with Crippen molar-refractivity contribution in [1.82, 2.24) is 4.98 Å². The van der Waals surface area contributed by atoms with Gasteiger partial charge in [0.2, 0.25) is 0 Å². The lowest BCUT2D eigenvalue weighted by Gasteiger charge is -2.20. The molecule has 0 N–H and O–H groups in total. The van der Waals surface area contributed by atoms with Gasteiger partial charge in [0.1, 0.15) is 0 Å². The molecule has 3 aromatic rings. The van der Waals surface area contributed by atoms with Crippen molar-refractivity contribution in [2.45, 2.75) is 26.2 Å². The molecule has 0 aliphatic rings. The predicted octanol–water partition coefficient (Wildman–Crippen LogP) is 5.20. The van der Waals surface area contributed by atoms with Crippen LogP contribution in [0.4, 0.5) is 0 Å². The molecule has 0 saturated heterocycles. The molecular weight excluding hydrogens is 242 g/mol. The van der Waals surface area contributed by atoms with Gasteiger partial charge >= 0.3 is 0 Å². The highest BCUT2D eigenvalue weighted by molar-refractivity contribution is 5.93. The minimum Gasteiger partial charge on any atom is -0.256 e. The number of para-hydroxylation sites is 1. The fourth-order valence-electron chi connectivity index (χ4n) is 2.49.